The van der Waals surface area contributed by atoms with Gasteiger partial charge < -0.3 is 19.4 Å². The number of hydrogen-bond acceptors (Lipinski definition) is 6. The van der Waals surface area contributed by atoms with E-state index in [1.807, 2.05) is 4.90 Å². The monoisotopic (exact) mass is 402 g/mol. The Labute approximate surface area is 169 Å². The van der Waals surface area contributed by atoms with Gasteiger partial charge >= 0.3 is 0 Å². The highest BCUT2D eigenvalue weighted by atomic mass is 16.6. The molecule has 4 rings (SSSR count). The molecule has 29 heavy (non-hydrogen) atoms. The van der Waals surface area contributed by atoms with Crippen LogP contribution in [0, 0.1) is 10.1 Å². The number of ether oxygens (including phenoxy) is 1. The van der Waals surface area contributed by atoms with Crippen molar-refractivity contribution in [1.82, 2.24) is 9.80 Å². The highest BCUT2D eigenvalue weighted by molar-refractivity contribution is 5.96. The largest absolute Gasteiger partial charge is 0.368 e. The zero-order valence-corrected chi connectivity index (χ0v) is 16.4. The molecule has 0 saturated carbocycles. The molecule has 9 nitrogen and oxygen atoms in total. The van der Waals surface area contributed by atoms with E-state index in [0.29, 0.717) is 44.0 Å². The number of nitro groups is 1. The first-order valence-electron chi connectivity index (χ1n) is 10.3. The number of carbonyl (C=O) groups excluding carboxylic acids is 2. The van der Waals surface area contributed by atoms with Crippen LogP contribution >= 0.6 is 0 Å². The fourth-order valence-corrected chi connectivity index (χ4v) is 4.32. The third-order valence-electron chi connectivity index (χ3n) is 5.95. The van der Waals surface area contributed by atoms with E-state index < -0.39 is 4.92 Å². The average molecular weight is 402 g/mol. The summed E-state index contributed by atoms with van der Waals surface area (Å²) >= 11 is 0. The number of nitrogens with zero attached hydrogens (tertiary/aromatic N) is 4. The van der Waals surface area contributed by atoms with Gasteiger partial charge in [0.05, 0.1) is 4.92 Å². The smallest absolute Gasteiger partial charge is 0.293 e. The molecule has 1 atom stereocenters. The van der Waals surface area contributed by atoms with Crippen molar-refractivity contribution in [2.45, 2.75) is 31.8 Å². The Morgan fingerprint density at radius 2 is 1.69 bits per heavy atom. The highest BCUT2D eigenvalue weighted by Gasteiger charge is 2.32. The van der Waals surface area contributed by atoms with Gasteiger partial charge in [-0.15, -0.1) is 0 Å². The molecule has 3 saturated heterocycles. The van der Waals surface area contributed by atoms with Crippen LogP contribution < -0.4 is 4.90 Å². The van der Waals surface area contributed by atoms with Crippen LogP contribution in [-0.4, -0.2) is 78.5 Å². The molecular formula is C20H26N4O5. The van der Waals surface area contributed by atoms with Gasteiger partial charge in [0.2, 0.25) is 0 Å². The zero-order chi connectivity index (χ0) is 20.4. The van der Waals surface area contributed by atoms with E-state index in [1.165, 1.54) is 6.07 Å². The topological polar surface area (TPSA) is 96.2 Å². The summed E-state index contributed by atoms with van der Waals surface area (Å²) in [6.45, 7) is 3.97. The molecule has 1 aromatic carbocycles. The third kappa shape index (κ3) is 4.05. The first-order chi connectivity index (χ1) is 14.0. The lowest BCUT2D eigenvalue weighted by molar-refractivity contribution is -0.384. The summed E-state index contributed by atoms with van der Waals surface area (Å²) in [5, 5.41) is 11.6. The van der Waals surface area contributed by atoms with E-state index in [0.717, 1.165) is 38.8 Å². The Morgan fingerprint density at radius 3 is 2.31 bits per heavy atom. The number of rotatable bonds is 4. The quantitative estimate of drug-likeness (QED) is 0.561. The molecule has 2 amide bonds. The fraction of sp³-hybridized carbons (Fsp3) is 0.600. The molecule has 3 heterocycles. The van der Waals surface area contributed by atoms with Crippen molar-refractivity contribution in [3.8, 4) is 0 Å². The molecule has 3 fully saturated rings. The minimum Gasteiger partial charge on any atom is -0.368 e. The maximum Gasteiger partial charge on any atom is 0.293 e. The van der Waals surface area contributed by atoms with Crippen LogP contribution in [0.2, 0.25) is 0 Å². The van der Waals surface area contributed by atoms with Crippen LogP contribution in [0.5, 0.6) is 0 Å². The standard InChI is InChI=1S/C20H26N4O5/c25-19(22-9-11-23(12-10-22)20(26)18-4-3-13-29-18)15-5-6-16(17(14-15)24(27)28)21-7-1-2-8-21/h5-6,14,18H,1-4,7-13H2. The van der Waals surface area contributed by atoms with Gasteiger partial charge in [0.1, 0.15) is 11.8 Å². The lowest BCUT2D eigenvalue weighted by atomic mass is 10.1. The average Bonchev–Trinajstić information content (AvgIpc) is 3.46. The van der Waals surface area contributed by atoms with E-state index in [1.54, 1.807) is 21.9 Å². The second-order valence-electron chi connectivity index (χ2n) is 7.77. The second kappa shape index (κ2) is 8.36. The molecule has 0 spiro atoms. The van der Waals surface area contributed by atoms with Gasteiger partial charge in [-0.05, 0) is 37.8 Å². The van der Waals surface area contributed by atoms with E-state index >= 15 is 0 Å². The van der Waals surface area contributed by atoms with E-state index in [9.17, 15) is 19.7 Å². The number of piperazine rings is 1. The third-order valence-corrected chi connectivity index (χ3v) is 5.95. The van der Waals surface area contributed by atoms with Crippen LogP contribution in [0.25, 0.3) is 0 Å². The van der Waals surface area contributed by atoms with Crippen molar-refractivity contribution in [2.75, 3.05) is 50.8 Å². The zero-order valence-electron chi connectivity index (χ0n) is 16.4. The van der Waals surface area contributed by atoms with Gasteiger partial charge in [-0.3, -0.25) is 19.7 Å². The molecule has 3 aliphatic rings. The van der Waals surface area contributed by atoms with E-state index in [-0.39, 0.29) is 23.6 Å². The normalized spacial score (nSPS) is 22.2. The van der Waals surface area contributed by atoms with Crippen molar-refractivity contribution in [1.29, 1.82) is 0 Å². The summed E-state index contributed by atoms with van der Waals surface area (Å²) in [5.41, 5.74) is 0.875. The van der Waals surface area contributed by atoms with Gasteiger partial charge in [0.25, 0.3) is 17.5 Å². The molecule has 0 N–H and O–H groups in total. The van der Waals surface area contributed by atoms with Gasteiger partial charge in [-0.1, -0.05) is 0 Å². The molecule has 156 valence electrons. The number of anilines is 1. The predicted octanol–water partition coefficient (Wildman–Crippen LogP) is 1.66. The summed E-state index contributed by atoms with van der Waals surface area (Å²) in [6.07, 6.45) is 3.35. The van der Waals surface area contributed by atoms with E-state index in [4.69, 9.17) is 4.74 Å². The fourth-order valence-electron chi connectivity index (χ4n) is 4.32. The van der Waals surface area contributed by atoms with Gasteiger partial charge in [0, 0.05) is 57.5 Å². The van der Waals surface area contributed by atoms with Gasteiger partial charge in [0.15, 0.2) is 0 Å². The number of benzene rings is 1. The Hall–Kier alpha value is -2.68. The van der Waals surface area contributed by atoms with Crippen molar-refractivity contribution in [2.24, 2.45) is 0 Å². The molecule has 1 aromatic rings. The maximum atomic E-state index is 12.9. The lowest BCUT2D eigenvalue weighted by Gasteiger charge is -2.35. The molecule has 0 aliphatic carbocycles. The van der Waals surface area contributed by atoms with E-state index in [2.05, 4.69) is 0 Å². The van der Waals surface area contributed by atoms with Crippen LogP contribution in [0.4, 0.5) is 11.4 Å². The summed E-state index contributed by atoms with van der Waals surface area (Å²) < 4.78 is 5.46. The molecule has 9 heteroatoms. The first kappa shape index (κ1) is 19.6. The Balaban J connectivity index is 1.42. The number of nitro benzene ring substituents is 1. The van der Waals surface area contributed by atoms with Crippen molar-refractivity contribution < 1.29 is 19.2 Å². The molecule has 0 bridgehead atoms. The Bertz CT molecular complexity index is 794. The highest BCUT2D eigenvalue weighted by Crippen LogP contribution is 2.32. The van der Waals surface area contributed by atoms with Crippen molar-refractivity contribution in [3.05, 3.63) is 33.9 Å². The van der Waals surface area contributed by atoms with Crippen LogP contribution in [0.15, 0.2) is 18.2 Å². The summed E-state index contributed by atoms with van der Waals surface area (Å²) in [6, 6.07) is 4.75. The van der Waals surface area contributed by atoms with Crippen LogP contribution in [0.3, 0.4) is 0 Å². The second-order valence-corrected chi connectivity index (χ2v) is 7.77. The molecular weight excluding hydrogens is 376 g/mol. The molecule has 0 aromatic heterocycles. The summed E-state index contributed by atoms with van der Waals surface area (Å²) in [5.74, 6) is -0.231. The van der Waals surface area contributed by atoms with Crippen molar-refractivity contribution in [3.63, 3.8) is 0 Å². The number of hydrogen-bond donors (Lipinski definition) is 0. The van der Waals surface area contributed by atoms with Crippen molar-refractivity contribution >= 4 is 23.2 Å². The minimum atomic E-state index is -0.414. The summed E-state index contributed by atoms with van der Waals surface area (Å²) in [7, 11) is 0. The Morgan fingerprint density at radius 1 is 1.00 bits per heavy atom. The maximum absolute atomic E-state index is 12.9. The first-order valence-corrected chi connectivity index (χ1v) is 10.3. The predicted molar refractivity (Wildman–Crippen MR) is 106 cm³/mol. The van der Waals surface area contributed by atoms with Crippen LogP contribution in [-0.2, 0) is 9.53 Å². The SMILES string of the molecule is O=C(c1ccc(N2CCCC2)c([N+](=O)[O-])c1)N1CCN(C(=O)C2CCCO2)CC1. The molecule has 0 radical (unpaired) electrons. The number of carbonyl (C=O) groups is 2. The molecule has 3 aliphatic heterocycles. The van der Waals surface area contributed by atoms with Gasteiger partial charge in [-0.2, -0.15) is 0 Å². The molecule has 1 unspecified atom stereocenters. The van der Waals surface area contributed by atoms with Gasteiger partial charge in [-0.25, -0.2) is 0 Å². The number of amides is 2. The lowest BCUT2D eigenvalue weighted by Crippen LogP contribution is -2.52. The minimum absolute atomic E-state index is 0.000188. The van der Waals surface area contributed by atoms with Crippen LogP contribution in [0.1, 0.15) is 36.0 Å². The Kier molecular flexibility index (Phi) is 5.66. The summed E-state index contributed by atoms with van der Waals surface area (Å²) in [4.78, 5) is 41.9.